The van der Waals surface area contributed by atoms with Crippen molar-refractivity contribution in [2.24, 2.45) is 5.92 Å². The monoisotopic (exact) mass is 561 g/mol. The maximum Gasteiger partial charge on any atom is 0.361 e. The lowest BCUT2D eigenvalue weighted by Crippen LogP contribution is -2.48. The summed E-state index contributed by atoms with van der Waals surface area (Å²) in [6, 6.07) is 14.9. The minimum atomic E-state index is -4.27. The molecule has 9 nitrogen and oxygen atoms in total. The van der Waals surface area contributed by atoms with Crippen LogP contribution in [0.5, 0.6) is 0 Å². The number of carbonyl (C=O) groups is 2. The highest BCUT2D eigenvalue weighted by Gasteiger charge is 2.50. The van der Waals surface area contributed by atoms with Crippen molar-refractivity contribution < 1.29 is 41.6 Å². The Labute approximate surface area is 231 Å². The van der Waals surface area contributed by atoms with Crippen molar-refractivity contribution >= 4 is 22.1 Å². The van der Waals surface area contributed by atoms with Gasteiger partial charge in [-0.25, -0.2) is 18.0 Å². The Morgan fingerprint density at radius 3 is 2.23 bits per heavy atom. The highest BCUT2D eigenvalue weighted by molar-refractivity contribution is 7.85. The largest absolute Gasteiger partial charge is 0.744 e. The van der Waals surface area contributed by atoms with Crippen molar-refractivity contribution in [2.45, 2.75) is 62.6 Å². The van der Waals surface area contributed by atoms with E-state index in [9.17, 15) is 27.7 Å². The third-order valence-corrected chi connectivity index (χ3v) is 8.36. The predicted octanol–water partition coefficient (Wildman–Crippen LogP) is 3.29. The molecule has 0 radical (unpaired) electrons. The topological polar surface area (TPSA) is 130 Å². The molecule has 214 valence electrons. The van der Waals surface area contributed by atoms with Crippen LogP contribution in [-0.2, 0) is 34.8 Å². The summed E-state index contributed by atoms with van der Waals surface area (Å²) in [6.07, 6.45) is 4.06. The number of likely N-dealkylation sites (tertiary alicyclic amines) is 1. The quantitative estimate of drug-likeness (QED) is 0.295. The number of carbonyl (C=O) groups excluding carboxylic acids is 2. The van der Waals surface area contributed by atoms with Crippen molar-refractivity contribution in [3.63, 3.8) is 0 Å². The van der Waals surface area contributed by atoms with E-state index in [4.69, 9.17) is 9.47 Å². The summed E-state index contributed by atoms with van der Waals surface area (Å²) in [5.41, 5.74) is -0.0729. The Morgan fingerprint density at radius 2 is 1.67 bits per heavy atom. The molecule has 2 aliphatic rings. The van der Waals surface area contributed by atoms with Crippen molar-refractivity contribution in [2.75, 3.05) is 33.3 Å². The summed E-state index contributed by atoms with van der Waals surface area (Å²) in [6.45, 7) is 5.54. The van der Waals surface area contributed by atoms with Gasteiger partial charge >= 0.3 is 11.9 Å². The van der Waals surface area contributed by atoms with E-state index < -0.39 is 21.7 Å². The minimum Gasteiger partial charge on any atom is -0.744 e. The van der Waals surface area contributed by atoms with Crippen LogP contribution in [-0.4, -0.2) is 73.9 Å². The summed E-state index contributed by atoms with van der Waals surface area (Å²) < 4.78 is 42.5. The Hall–Kier alpha value is -2.79. The summed E-state index contributed by atoms with van der Waals surface area (Å²) in [5, 5.41) is 11.5. The molecule has 1 saturated carbocycles. The van der Waals surface area contributed by atoms with Crippen LogP contribution in [0.1, 0.15) is 50.2 Å². The van der Waals surface area contributed by atoms with Gasteiger partial charge in [0.1, 0.15) is 16.7 Å². The van der Waals surface area contributed by atoms with Crippen molar-refractivity contribution in [3.8, 4) is 0 Å². The average Bonchev–Trinajstić information content (AvgIpc) is 3.55. The fourth-order valence-electron chi connectivity index (χ4n) is 5.39. The molecular weight excluding hydrogens is 522 g/mol. The Kier molecular flexibility index (Phi) is 10.3. The second-order valence-corrected chi connectivity index (χ2v) is 12.1. The van der Waals surface area contributed by atoms with E-state index in [1.807, 2.05) is 32.2 Å². The van der Waals surface area contributed by atoms with Crippen LogP contribution in [0.4, 0.5) is 0 Å². The lowest BCUT2D eigenvalue weighted by atomic mass is 9.80. The van der Waals surface area contributed by atoms with Crippen LogP contribution in [0, 0.1) is 12.8 Å². The zero-order valence-corrected chi connectivity index (χ0v) is 23.7. The van der Waals surface area contributed by atoms with Gasteiger partial charge < -0.3 is 23.6 Å². The predicted molar refractivity (Wildman–Crippen MR) is 143 cm³/mol. The molecule has 1 unspecified atom stereocenters. The van der Waals surface area contributed by atoms with E-state index in [-0.39, 0.29) is 29.4 Å². The lowest BCUT2D eigenvalue weighted by Gasteiger charge is -2.33. The number of rotatable bonds is 8. The molecule has 2 aromatic rings. The summed E-state index contributed by atoms with van der Waals surface area (Å²) in [4.78, 5) is 24.9. The van der Waals surface area contributed by atoms with Gasteiger partial charge in [0.15, 0.2) is 18.2 Å². The molecule has 1 heterocycles. The maximum atomic E-state index is 13.2. The lowest BCUT2D eigenvalue weighted by molar-refractivity contribution is -0.891. The summed E-state index contributed by atoms with van der Waals surface area (Å²) in [5.74, 6) is -0.909. The van der Waals surface area contributed by atoms with Crippen molar-refractivity contribution in [3.05, 3.63) is 65.7 Å². The Balaban J connectivity index is 0.000000320. The molecule has 0 amide bonds. The molecule has 2 fully saturated rings. The first kappa shape index (κ1) is 30.7. The Morgan fingerprint density at radius 1 is 1.05 bits per heavy atom. The number of nitrogens with zero attached hydrogens (tertiary/aromatic N) is 1. The number of likely N-dealkylation sites (N-methyl/N-ethyl adjacent to an activating group) is 1. The van der Waals surface area contributed by atoms with Crippen LogP contribution in [0.25, 0.3) is 0 Å². The first-order valence-electron chi connectivity index (χ1n) is 13.4. The highest BCUT2D eigenvalue weighted by atomic mass is 32.2. The summed E-state index contributed by atoms with van der Waals surface area (Å²) >= 11 is 0. The van der Waals surface area contributed by atoms with E-state index >= 15 is 0 Å². The second-order valence-electron chi connectivity index (χ2n) is 10.7. The van der Waals surface area contributed by atoms with E-state index in [2.05, 4.69) is 0 Å². The van der Waals surface area contributed by atoms with Gasteiger partial charge in [-0.3, -0.25) is 0 Å². The normalized spacial score (nSPS) is 22.8. The molecule has 39 heavy (non-hydrogen) atoms. The van der Waals surface area contributed by atoms with Crippen LogP contribution in [0.3, 0.4) is 0 Å². The molecule has 4 rings (SSSR count). The highest BCUT2D eigenvalue weighted by Crippen LogP contribution is 2.42. The van der Waals surface area contributed by atoms with E-state index in [1.54, 1.807) is 31.2 Å². The first-order chi connectivity index (χ1) is 18.4. The number of aryl methyl sites for hydroxylation is 1. The smallest absolute Gasteiger partial charge is 0.361 e. The molecular formula is C29H39NO8S. The molecule has 1 aliphatic heterocycles. The van der Waals surface area contributed by atoms with Gasteiger partial charge in [0.05, 0.1) is 25.1 Å². The number of benzene rings is 2. The number of ether oxygens (including phenoxy) is 2. The zero-order chi connectivity index (χ0) is 28.7. The van der Waals surface area contributed by atoms with Gasteiger partial charge in [0.25, 0.3) is 0 Å². The van der Waals surface area contributed by atoms with Gasteiger partial charge in [0.2, 0.25) is 0 Å². The Bertz CT molecular complexity index is 1210. The SMILES string of the molecule is CCOC(=O)C[N+]1(C)CC[C@@H](OC(=O)[C@](O)(c2ccccc2)C2CCCC2)C1.Cc1ccc(S(=O)(=O)[O-])cc1. The third-order valence-electron chi connectivity index (χ3n) is 7.51. The zero-order valence-electron chi connectivity index (χ0n) is 22.9. The fourth-order valence-corrected chi connectivity index (χ4v) is 5.86. The van der Waals surface area contributed by atoms with Crippen LogP contribution in [0.15, 0.2) is 59.5 Å². The number of hydrogen-bond donors (Lipinski definition) is 1. The number of quaternary nitrogens is 1. The van der Waals surface area contributed by atoms with Gasteiger partial charge in [-0.1, -0.05) is 60.9 Å². The number of esters is 2. The van der Waals surface area contributed by atoms with Gasteiger partial charge in [-0.2, -0.15) is 0 Å². The van der Waals surface area contributed by atoms with Gasteiger partial charge in [0, 0.05) is 12.3 Å². The van der Waals surface area contributed by atoms with E-state index in [0.717, 1.165) is 37.8 Å². The number of hydrogen-bond acceptors (Lipinski definition) is 8. The van der Waals surface area contributed by atoms with Crippen LogP contribution < -0.4 is 0 Å². The molecule has 10 heteroatoms. The molecule has 0 aromatic heterocycles. The number of aliphatic hydroxyl groups is 1. The average molecular weight is 562 g/mol. The minimum absolute atomic E-state index is 0.121. The molecule has 1 N–H and O–H groups in total. The van der Waals surface area contributed by atoms with Gasteiger partial charge in [-0.05, 0) is 44.4 Å². The third kappa shape index (κ3) is 8.11. The van der Waals surface area contributed by atoms with E-state index in [1.165, 1.54) is 12.1 Å². The maximum absolute atomic E-state index is 13.2. The van der Waals surface area contributed by atoms with Crippen molar-refractivity contribution in [1.29, 1.82) is 0 Å². The van der Waals surface area contributed by atoms with E-state index in [0.29, 0.717) is 29.6 Å². The molecule has 2 aromatic carbocycles. The molecule has 0 bridgehead atoms. The fraction of sp³-hybridized carbons (Fsp3) is 0.517. The molecule has 3 atom stereocenters. The molecule has 0 spiro atoms. The van der Waals surface area contributed by atoms with Crippen LogP contribution in [0.2, 0.25) is 0 Å². The summed E-state index contributed by atoms with van der Waals surface area (Å²) in [7, 11) is -2.29. The van der Waals surface area contributed by atoms with Crippen LogP contribution >= 0.6 is 0 Å². The van der Waals surface area contributed by atoms with Crippen molar-refractivity contribution in [1.82, 2.24) is 0 Å². The standard InChI is InChI=1S/C22H32NO5.C7H8O3S/c1-3-27-20(24)16-23(2)14-13-19(15-23)28-21(25)22(26,18-11-7-8-12-18)17-9-5-4-6-10-17;1-6-2-4-7(5-3-6)11(8,9)10/h4-6,9-10,18-19,26H,3,7-8,11-16H2,1-2H3;2-5H,1H3,(H,8,9,10)/q+1;/p-1/t19-,22+,23?;/m1./s1. The molecule has 1 aliphatic carbocycles. The molecule has 1 saturated heterocycles. The first-order valence-corrected chi connectivity index (χ1v) is 14.8. The second kappa shape index (κ2) is 13.0. The van der Waals surface area contributed by atoms with Gasteiger partial charge in [-0.15, -0.1) is 0 Å².